The molecule has 4 aromatic heterocycles. The number of fused-ring (bicyclic) bond motifs is 6. The van der Waals surface area contributed by atoms with E-state index < -0.39 is 0 Å². The normalized spacial score (nSPS) is 15.7. The SMILES string of the molecule is C1=CC2c3ccccc3N(c3cc(-c4ccc(-c5nc(-c6ccncc6)cc(-c6ccncc6)n5)cc4)cc(-n4c5ccccc5c5ccccc54)c3)C2C=C1. The predicted molar refractivity (Wildman–Crippen MR) is 227 cm³/mol. The Hall–Kier alpha value is -7.44. The van der Waals surface area contributed by atoms with E-state index in [0.717, 1.165) is 50.6 Å². The quantitative estimate of drug-likeness (QED) is 0.171. The number of para-hydroxylation sites is 3. The molecule has 1 aliphatic heterocycles. The van der Waals surface area contributed by atoms with Crippen LogP contribution in [0, 0.1) is 0 Å². The Morgan fingerprint density at radius 3 is 1.70 bits per heavy atom. The molecule has 5 heterocycles. The first-order valence-electron chi connectivity index (χ1n) is 18.9. The van der Waals surface area contributed by atoms with Crippen molar-refractivity contribution in [3.63, 3.8) is 0 Å². The minimum Gasteiger partial charge on any atom is -0.333 e. The molecule has 0 N–H and O–H groups in total. The number of allylic oxidation sites excluding steroid dienone is 2. The van der Waals surface area contributed by atoms with Gasteiger partial charge in [-0.2, -0.15) is 0 Å². The summed E-state index contributed by atoms with van der Waals surface area (Å²) in [6.07, 6.45) is 16.2. The third-order valence-electron chi connectivity index (χ3n) is 11.1. The fourth-order valence-corrected chi connectivity index (χ4v) is 8.55. The molecule has 2 aliphatic rings. The van der Waals surface area contributed by atoms with Crippen LogP contribution in [0.3, 0.4) is 0 Å². The van der Waals surface area contributed by atoms with Gasteiger partial charge in [-0.05, 0) is 83.4 Å². The van der Waals surface area contributed by atoms with E-state index in [9.17, 15) is 0 Å². The number of nitrogens with zero attached hydrogens (tertiary/aromatic N) is 6. The molecule has 6 heteroatoms. The second-order valence-corrected chi connectivity index (χ2v) is 14.3. The molecule has 2 atom stereocenters. The Balaban J connectivity index is 1.08. The predicted octanol–water partition coefficient (Wildman–Crippen LogP) is 11.8. The van der Waals surface area contributed by atoms with Crippen LogP contribution in [0.1, 0.15) is 11.5 Å². The van der Waals surface area contributed by atoms with Crippen molar-refractivity contribution in [2.24, 2.45) is 0 Å². The van der Waals surface area contributed by atoms with Gasteiger partial charge in [0, 0.05) is 75.2 Å². The Kier molecular flexibility index (Phi) is 7.52. The van der Waals surface area contributed by atoms with E-state index >= 15 is 0 Å². The van der Waals surface area contributed by atoms with Gasteiger partial charge >= 0.3 is 0 Å². The second kappa shape index (κ2) is 13.1. The highest BCUT2D eigenvalue weighted by Gasteiger charge is 2.37. The smallest absolute Gasteiger partial charge is 0.160 e. The molecule has 1 aliphatic carbocycles. The molecule has 56 heavy (non-hydrogen) atoms. The maximum atomic E-state index is 5.06. The number of anilines is 2. The third-order valence-corrected chi connectivity index (χ3v) is 11.1. The maximum absolute atomic E-state index is 5.06. The Bertz CT molecular complexity index is 2870. The van der Waals surface area contributed by atoms with Crippen LogP contribution in [0.25, 0.3) is 72.5 Å². The molecular weight excluding hydrogens is 685 g/mol. The number of aromatic nitrogens is 5. The fraction of sp³-hybridized carbons (Fsp3) is 0.0400. The summed E-state index contributed by atoms with van der Waals surface area (Å²) in [4.78, 5) is 21.1. The van der Waals surface area contributed by atoms with Gasteiger partial charge in [-0.3, -0.25) is 9.97 Å². The summed E-state index contributed by atoms with van der Waals surface area (Å²) in [5, 5.41) is 2.48. The first-order valence-corrected chi connectivity index (χ1v) is 18.9. The van der Waals surface area contributed by atoms with E-state index in [1.165, 1.54) is 33.1 Å². The van der Waals surface area contributed by atoms with Gasteiger partial charge in [-0.25, -0.2) is 9.97 Å². The minimum absolute atomic E-state index is 0.181. The summed E-state index contributed by atoms with van der Waals surface area (Å²) in [6, 6.07) is 52.1. The van der Waals surface area contributed by atoms with E-state index in [-0.39, 0.29) is 12.0 Å². The van der Waals surface area contributed by atoms with Gasteiger partial charge in [0.2, 0.25) is 0 Å². The molecule has 6 nitrogen and oxygen atoms in total. The van der Waals surface area contributed by atoms with Gasteiger partial charge < -0.3 is 9.47 Å². The van der Waals surface area contributed by atoms with Crippen molar-refractivity contribution >= 4 is 33.2 Å². The lowest BCUT2D eigenvalue weighted by Crippen LogP contribution is -2.28. The van der Waals surface area contributed by atoms with Crippen LogP contribution >= 0.6 is 0 Å². The molecular formula is C50H34N6. The van der Waals surface area contributed by atoms with Crippen molar-refractivity contribution in [2.75, 3.05) is 4.90 Å². The van der Waals surface area contributed by atoms with E-state index in [2.05, 4.69) is 159 Å². The average Bonchev–Trinajstić information content (AvgIpc) is 3.80. The van der Waals surface area contributed by atoms with Crippen molar-refractivity contribution in [1.82, 2.24) is 24.5 Å². The van der Waals surface area contributed by atoms with Gasteiger partial charge in [0.25, 0.3) is 0 Å². The zero-order valence-electron chi connectivity index (χ0n) is 30.3. The third kappa shape index (κ3) is 5.34. The summed E-state index contributed by atoms with van der Waals surface area (Å²) in [6.45, 7) is 0. The molecule has 2 unspecified atom stereocenters. The second-order valence-electron chi connectivity index (χ2n) is 14.3. The molecule has 9 aromatic rings. The molecule has 0 saturated carbocycles. The van der Waals surface area contributed by atoms with Gasteiger partial charge in [0.15, 0.2) is 5.82 Å². The number of hydrogen-bond acceptors (Lipinski definition) is 5. The number of rotatable bonds is 6. The zero-order valence-corrected chi connectivity index (χ0v) is 30.3. The molecule has 5 aromatic carbocycles. The monoisotopic (exact) mass is 718 g/mol. The highest BCUT2D eigenvalue weighted by molar-refractivity contribution is 6.09. The lowest BCUT2D eigenvalue weighted by atomic mass is 9.91. The van der Waals surface area contributed by atoms with E-state index in [4.69, 9.17) is 9.97 Å². The lowest BCUT2D eigenvalue weighted by molar-refractivity contribution is 0.744. The van der Waals surface area contributed by atoms with Crippen molar-refractivity contribution < 1.29 is 0 Å². The minimum atomic E-state index is 0.181. The standard InChI is InChI=1S/C50H34N6/c1-5-13-46-40(9-1)41-10-2-6-14-47(41)55(46)38-29-37(30-39(31-38)56-48-15-7-3-11-42(48)43-12-4-8-16-49(43)56)33-17-19-36(20-18-33)50-53-44(34-21-25-51-26-22-34)32-45(54-50)35-23-27-52-28-24-35/h1-32,40,46H. The highest BCUT2D eigenvalue weighted by atomic mass is 15.2. The van der Waals surface area contributed by atoms with E-state index in [0.29, 0.717) is 5.82 Å². The molecule has 0 fully saturated rings. The number of pyridine rings is 2. The van der Waals surface area contributed by atoms with Crippen LogP contribution in [-0.2, 0) is 0 Å². The maximum Gasteiger partial charge on any atom is 0.160 e. The summed E-state index contributed by atoms with van der Waals surface area (Å²) in [7, 11) is 0. The molecule has 264 valence electrons. The number of benzene rings is 5. The van der Waals surface area contributed by atoms with Crippen LogP contribution in [0.15, 0.2) is 195 Å². The first-order chi connectivity index (χ1) is 27.8. The molecule has 0 saturated heterocycles. The van der Waals surface area contributed by atoms with Crippen molar-refractivity contribution in [2.45, 2.75) is 12.0 Å². The first kappa shape index (κ1) is 32.0. The fourth-order valence-electron chi connectivity index (χ4n) is 8.55. The van der Waals surface area contributed by atoms with Crippen molar-refractivity contribution in [3.8, 4) is 50.7 Å². The van der Waals surface area contributed by atoms with Gasteiger partial charge in [-0.1, -0.05) is 103 Å². The summed E-state index contributed by atoms with van der Waals surface area (Å²) >= 11 is 0. The number of hydrogen-bond donors (Lipinski definition) is 0. The molecule has 0 radical (unpaired) electrons. The van der Waals surface area contributed by atoms with Gasteiger partial charge in [0.1, 0.15) is 0 Å². The highest BCUT2D eigenvalue weighted by Crippen LogP contribution is 2.49. The Labute approximate surface area is 324 Å². The summed E-state index contributed by atoms with van der Waals surface area (Å²) in [5.41, 5.74) is 14.1. The van der Waals surface area contributed by atoms with Gasteiger partial charge in [-0.15, -0.1) is 0 Å². The Morgan fingerprint density at radius 1 is 0.446 bits per heavy atom. The Morgan fingerprint density at radius 2 is 1.02 bits per heavy atom. The molecule has 11 rings (SSSR count). The molecule has 0 spiro atoms. The van der Waals surface area contributed by atoms with Crippen molar-refractivity contribution in [1.29, 1.82) is 0 Å². The van der Waals surface area contributed by atoms with Crippen LogP contribution in [0.4, 0.5) is 11.4 Å². The summed E-state index contributed by atoms with van der Waals surface area (Å²) in [5.74, 6) is 0.949. The summed E-state index contributed by atoms with van der Waals surface area (Å²) < 4.78 is 2.42. The molecule has 0 bridgehead atoms. The van der Waals surface area contributed by atoms with Crippen LogP contribution in [0.2, 0.25) is 0 Å². The van der Waals surface area contributed by atoms with E-state index in [1.807, 2.05) is 30.3 Å². The van der Waals surface area contributed by atoms with Crippen LogP contribution in [0.5, 0.6) is 0 Å². The average molecular weight is 719 g/mol. The van der Waals surface area contributed by atoms with Gasteiger partial charge in [0.05, 0.1) is 28.5 Å². The van der Waals surface area contributed by atoms with Crippen molar-refractivity contribution in [3.05, 3.63) is 200 Å². The lowest BCUT2D eigenvalue weighted by Gasteiger charge is -2.30. The largest absolute Gasteiger partial charge is 0.333 e. The molecule has 0 amide bonds. The van der Waals surface area contributed by atoms with Crippen LogP contribution < -0.4 is 4.90 Å². The van der Waals surface area contributed by atoms with E-state index in [1.54, 1.807) is 24.8 Å². The topological polar surface area (TPSA) is 59.7 Å². The van der Waals surface area contributed by atoms with Crippen LogP contribution in [-0.4, -0.2) is 30.5 Å². The zero-order chi connectivity index (χ0) is 37.0.